The number of alkyl halides is 3. The molecule has 0 aliphatic rings. The quantitative estimate of drug-likeness (QED) is 0.791. The minimum absolute atomic E-state index is 0.304. The third-order valence-electron chi connectivity index (χ3n) is 3.27. The fourth-order valence-corrected chi connectivity index (χ4v) is 1.80. The van der Waals surface area contributed by atoms with Gasteiger partial charge < -0.3 is 9.42 Å². The molecule has 1 aromatic heterocycles. The molecule has 0 saturated carbocycles. The highest BCUT2D eigenvalue weighted by Crippen LogP contribution is 2.29. The summed E-state index contributed by atoms with van der Waals surface area (Å²) in [5.41, 5.74) is -1.16. The van der Waals surface area contributed by atoms with Crippen molar-refractivity contribution >= 4 is 11.9 Å². The molecule has 1 N–H and O–H groups in total. The minimum atomic E-state index is -4.60. The molecule has 5 nitrogen and oxygen atoms in total. The minimum Gasteiger partial charge on any atom is -0.338 e. The summed E-state index contributed by atoms with van der Waals surface area (Å²) in [7, 11) is 0. The van der Waals surface area contributed by atoms with Crippen LogP contribution in [-0.4, -0.2) is 29.2 Å². The third-order valence-corrected chi connectivity index (χ3v) is 3.27. The van der Waals surface area contributed by atoms with Gasteiger partial charge >= 0.3 is 12.2 Å². The van der Waals surface area contributed by atoms with Crippen molar-refractivity contribution in [3.63, 3.8) is 0 Å². The van der Waals surface area contributed by atoms with Crippen molar-refractivity contribution in [2.45, 2.75) is 46.7 Å². The van der Waals surface area contributed by atoms with Crippen molar-refractivity contribution < 1.29 is 22.5 Å². The maximum atomic E-state index is 12.5. The largest absolute Gasteiger partial charge is 0.436 e. The van der Waals surface area contributed by atoms with Crippen molar-refractivity contribution in [2.24, 2.45) is 11.8 Å². The average Bonchev–Trinajstić information content (AvgIpc) is 2.86. The van der Waals surface area contributed by atoms with E-state index < -0.39 is 17.9 Å². The lowest BCUT2D eigenvalue weighted by Gasteiger charge is -2.24. The number of amides is 2. The Bertz CT molecular complexity index is 486. The van der Waals surface area contributed by atoms with E-state index in [2.05, 4.69) is 15.0 Å². The summed E-state index contributed by atoms with van der Waals surface area (Å²) in [5.74, 6) is 0.541. The molecule has 132 valence electrons. The number of rotatable bonds is 7. The molecule has 0 atom stereocenters. The molecule has 0 aliphatic carbocycles. The van der Waals surface area contributed by atoms with Crippen LogP contribution in [0.25, 0.3) is 0 Å². The molecular weight excluding hydrogens is 311 g/mol. The molecule has 2 amide bonds. The fourth-order valence-electron chi connectivity index (χ4n) is 1.80. The van der Waals surface area contributed by atoms with Gasteiger partial charge in [0.15, 0.2) is 5.69 Å². The molecule has 23 heavy (non-hydrogen) atoms. The Morgan fingerprint density at radius 1 is 1.22 bits per heavy atom. The average molecular weight is 335 g/mol. The first-order valence-electron chi connectivity index (χ1n) is 7.69. The van der Waals surface area contributed by atoms with E-state index in [1.807, 2.05) is 27.7 Å². The Hall–Kier alpha value is -1.73. The summed E-state index contributed by atoms with van der Waals surface area (Å²) in [6.07, 6.45) is -2.97. The van der Waals surface area contributed by atoms with Gasteiger partial charge in [0.1, 0.15) is 0 Å². The van der Waals surface area contributed by atoms with Crippen LogP contribution in [0.15, 0.2) is 10.6 Å². The normalized spacial score (nSPS) is 12.0. The Morgan fingerprint density at radius 2 is 1.74 bits per heavy atom. The fraction of sp³-hybridized carbons (Fsp3) is 0.733. The summed E-state index contributed by atoms with van der Waals surface area (Å²) >= 11 is 0. The lowest BCUT2D eigenvalue weighted by Crippen LogP contribution is -2.37. The van der Waals surface area contributed by atoms with Gasteiger partial charge in [-0.2, -0.15) is 13.2 Å². The van der Waals surface area contributed by atoms with Gasteiger partial charge in [0.2, 0.25) is 5.88 Å². The Morgan fingerprint density at radius 3 is 2.13 bits per heavy atom. The zero-order chi connectivity index (χ0) is 17.6. The first-order chi connectivity index (χ1) is 10.6. The highest BCUT2D eigenvalue weighted by Gasteiger charge is 2.35. The molecule has 0 unspecified atom stereocenters. The molecule has 1 aromatic rings. The zero-order valence-corrected chi connectivity index (χ0v) is 13.9. The third kappa shape index (κ3) is 6.92. The van der Waals surface area contributed by atoms with Crippen LogP contribution in [0.5, 0.6) is 0 Å². The number of aromatic nitrogens is 1. The maximum Gasteiger partial charge on any atom is 0.436 e. The molecule has 0 aliphatic heterocycles. The molecule has 1 rings (SSSR count). The standard InChI is InChI=1S/C15H24F3N3O2/c1-10(2)5-7-21(8-6-11(3)4)14(22)19-13-9-12(20-23-13)15(16,17)18/h9-11H,5-8H2,1-4H3,(H,19,22). The van der Waals surface area contributed by atoms with Crippen LogP contribution in [0.3, 0.4) is 0 Å². The van der Waals surface area contributed by atoms with Crippen molar-refractivity contribution in [3.8, 4) is 0 Å². The molecule has 0 bridgehead atoms. The summed E-state index contributed by atoms with van der Waals surface area (Å²) in [6, 6.07) is 0.206. The molecule has 1 heterocycles. The lowest BCUT2D eigenvalue weighted by molar-refractivity contribution is -0.142. The van der Waals surface area contributed by atoms with E-state index >= 15 is 0 Å². The first-order valence-corrected chi connectivity index (χ1v) is 7.69. The second-order valence-corrected chi connectivity index (χ2v) is 6.36. The highest BCUT2D eigenvalue weighted by molar-refractivity contribution is 5.87. The van der Waals surface area contributed by atoms with Crippen LogP contribution in [0.2, 0.25) is 0 Å². The maximum absolute atomic E-state index is 12.5. The second kappa shape index (κ2) is 8.21. The van der Waals surface area contributed by atoms with Gasteiger partial charge in [-0.25, -0.2) is 4.79 Å². The van der Waals surface area contributed by atoms with Crippen LogP contribution in [0.4, 0.5) is 23.8 Å². The van der Waals surface area contributed by atoms with Gasteiger partial charge in [0, 0.05) is 19.2 Å². The van der Waals surface area contributed by atoms with Crippen molar-refractivity contribution in [2.75, 3.05) is 18.4 Å². The van der Waals surface area contributed by atoms with Crippen molar-refractivity contribution in [1.29, 1.82) is 0 Å². The van der Waals surface area contributed by atoms with Crippen LogP contribution >= 0.6 is 0 Å². The zero-order valence-electron chi connectivity index (χ0n) is 13.9. The summed E-state index contributed by atoms with van der Waals surface area (Å²) < 4.78 is 41.9. The van der Waals surface area contributed by atoms with E-state index in [9.17, 15) is 18.0 Å². The number of nitrogens with zero attached hydrogens (tertiary/aromatic N) is 2. The smallest absolute Gasteiger partial charge is 0.338 e. The molecule has 0 radical (unpaired) electrons. The van der Waals surface area contributed by atoms with Gasteiger partial charge in [0.25, 0.3) is 0 Å². The molecule has 0 saturated heterocycles. The predicted octanol–water partition coefficient (Wildman–Crippen LogP) is 4.62. The van der Waals surface area contributed by atoms with Crippen LogP contribution in [-0.2, 0) is 6.18 Å². The molecule has 0 spiro atoms. The van der Waals surface area contributed by atoms with E-state index in [4.69, 9.17) is 0 Å². The number of anilines is 1. The number of halogens is 3. The topological polar surface area (TPSA) is 58.4 Å². The van der Waals surface area contributed by atoms with Crippen LogP contribution in [0.1, 0.15) is 46.2 Å². The molecule has 8 heteroatoms. The number of urea groups is 1. The number of hydrogen-bond donors (Lipinski definition) is 1. The number of nitrogens with one attached hydrogen (secondary N) is 1. The SMILES string of the molecule is CC(C)CCN(CCC(C)C)C(=O)Nc1cc(C(F)(F)F)no1. The number of hydrogen-bond acceptors (Lipinski definition) is 3. The Kier molecular flexibility index (Phi) is 6.90. The van der Waals surface area contributed by atoms with Crippen LogP contribution in [0, 0.1) is 11.8 Å². The van der Waals surface area contributed by atoms with Crippen molar-refractivity contribution in [1.82, 2.24) is 10.1 Å². The van der Waals surface area contributed by atoms with Gasteiger partial charge in [-0.3, -0.25) is 5.32 Å². The summed E-state index contributed by atoms with van der Waals surface area (Å²) in [6.45, 7) is 9.26. The Balaban J connectivity index is 2.69. The summed E-state index contributed by atoms with van der Waals surface area (Å²) in [4.78, 5) is 13.8. The van der Waals surface area contributed by atoms with Gasteiger partial charge in [-0.15, -0.1) is 0 Å². The van der Waals surface area contributed by atoms with Crippen molar-refractivity contribution in [3.05, 3.63) is 11.8 Å². The van der Waals surface area contributed by atoms with Crippen LogP contribution < -0.4 is 5.32 Å². The van der Waals surface area contributed by atoms with E-state index in [1.54, 1.807) is 4.90 Å². The van der Waals surface area contributed by atoms with Gasteiger partial charge in [0.05, 0.1) is 0 Å². The van der Waals surface area contributed by atoms with E-state index in [1.165, 1.54) is 0 Å². The predicted molar refractivity (Wildman–Crippen MR) is 81.0 cm³/mol. The molecular formula is C15H24F3N3O2. The van der Waals surface area contributed by atoms with E-state index in [0.29, 0.717) is 31.0 Å². The monoisotopic (exact) mass is 335 g/mol. The van der Waals surface area contributed by atoms with E-state index in [0.717, 1.165) is 12.8 Å². The number of carbonyl (C=O) groups excluding carboxylic acids is 1. The van der Waals surface area contributed by atoms with Gasteiger partial charge in [-0.1, -0.05) is 32.9 Å². The summed E-state index contributed by atoms with van der Waals surface area (Å²) in [5, 5.41) is 5.25. The second-order valence-electron chi connectivity index (χ2n) is 6.36. The molecule has 0 aromatic carbocycles. The first kappa shape index (κ1) is 19.3. The lowest BCUT2D eigenvalue weighted by atomic mass is 10.1. The number of carbonyl (C=O) groups is 1. The highest BCUT2D eigenvalue weighted by atomic mass is 19.4. The van der Waals surface area contributed by atoms with E-state index in [-0.39, 0.29) is 5.88 Å². The van der Waals surface area contributed by atoms with Gasteiger partial charge in [-0.05, 0) is 24.7 Å². The Labute approximate surface area is 134 Å². The molecule has 0 fully saturated rings.